The van der Waals surface area contributed by atoms with Gasteiger partial charge in [-0.1, -0.05) is 0 Å². The van der Waals surface area contributed by atoms with Crippen molar-refractivity contribution in [3.05, 3.63) is 12.0 Å². The third-order valence-corrected chi connectivity index (χ3v) is 1.53. The molecule has 1 aliphatic rings. The molecule has 40 valence electrons. The maximum Gasteiger partial charge on any atom is 0.157 e. The summed E-state index contributed by atoms with van der Waals surface area (Å²) in [5.74, 6) is 1.23. The van der Waals surface area contributed by atoms with E-state index in [4.69, 9.17) is 23.2 Å². The van der Waals surface area contributed by atoms with Crippen molar-refractivity contribution in [3.8, 4) is 0 Å². The van der Waals surface area contributed by atoms with E-state index in [0.717, 1.165) is 5.76 Å². The molecule has 7 heavy (non-hydrogen) atoms. The fourth-order valence-electron chi connectivity index (χ4n) is 0.258. The predicted octanol–water partition coefficient (Wildman–Crippen LogP) is 1.70. The van der Waals surface area contributed by atoms with Gasteiger partial charge in [0.1, 0.15) is 11.6 Å². The van der Waals surface area contributed by atoms with Gasteiger partial charge in [0, 0.05) is 5.88 Å². The molecule has 1 unspecified atom stereocenters. The van der Waals surface area contributed by atoms with Gasteiger partial charge in [0.25, 0.3) is 0 Å². The van der Waals surface area contributed by atoms with Gasteiger partial charge in [-0.2, -0.15) is 0 Å². The number of halogens is 2. The van der Waals surface area contributed by atoms with Crippen molar-refractivity contribution < 1.29 is 4.74 Å². The summed E-state index contributed by atoms with van der Waals surface area (Å²) in [6, 6.07) is 0. The number of ether oxygens (including phenoxy) is 1. The highest BCUT2D eigenvalue weighted by atomic mass is 35.5. The van der Waals surface area contributed by atoms with E-state index in [1.165, 1.54) is 0 Å². The van der Waals surface area contributed by atoms with Crippen LogP contribution in [0.1, 0.15) is 0 Å². The van der Waals surface area contributed by atoms with Crippen LogP contribution in [-0.4, -0.2) is 11.3 Å². The largest absolute Gasteiger partial charge is 0.461 e. The summed E-state index contributed by atoms with van der Waals surface area (Å²) in [7, 11) is 0. The second-order valence-electron chi connectivity index (χ2n) is 1.26. The maximum absolute atomic E-state index is 5.54. The molecule has 1 nitrogen and oxygen atoms in total. The molecule has 1 aliphatic heterocycles. The molecule has 0 aliphatic carbocycles. The minimum absolute atomic E-state index is 0.110. The van der Waals surface area contributed by atoms with Gasteiger partial charge >= 0.3 is 0 Å². The monoisotopic (exact) mass is 138 g/mol. The molecule has 0 fully saturated rings. The van der Waals surface area contributed by atoms with Crippen molar-refractivity contribution in [1.82, 2.24) is 0 Å². The van der Waals surface area contributed by atoms with E-state index in [1.807, 2.05) is 0 Å². The third kappa shape index (κ3) is 1.25. The van der Waals surface area contributed by atoms with Gasteiger partial charge in [0.05, 0.1) is 0 Å². The normalized spacial score (nSPS) is 20.0. The zero-order valence-corrected chi connectivity index (χ0v) is 5.04. The summed E-state index contributed by atoms with van der Waals surface area (Å²) in [5.41, 5.74) is 0. The summed E-state index contributed by atoms with van der Waals surface area (Å²) in [5, 5.41) is -0.110. The number of alkyl halides is 2. The van der Waals surface area contributed by atoms with E-state index < -0.39 is 0 Å². The lowest BCUT2D eigenvalue weighted by Crippen LogP contribution is -1.95. The smallest absolute Gasteiger partial charge is 0.157 e. The molecular weight excluding hydrogens is 135 g/mol. The number of rotatable bonds is 2. The van der Waals surface area contributed by atoms with Crippen molar-refractivity contribution in [1.29, 1.82) is 0 Å². The Morgan fingerprint density at radius 2 is 2.43 bits per heavy atom. The second-order valence-corrected chi connectivity index (χ2v) is 2.10. The lowest BCUT2D eigenvalue weighted by Gasteiger charge is -1.90. The minimum Gasteiger partial charge on any atom is -0.461 e. The van der Waals surface area contributed by atoms with Gasteiger partial charge in [-0.15, -0.1) is 23.2 Å². The zero-order chi connectivity index (χ0) is 5.28. The Labute approximate surface area is 51.9 Å². The Kier molecular flexibility index (Phi) is 1.45. The first-order valence-corrected chi connectivity index (χ1v) is 2.88. The third-order valence-electron chi connectivity index (χ3n) is 0.698. The van der Waals surface area contributed by atoms with Gasteiger partial charge in [-0.3, -0.25) is 0 Å². The van der Waals surface area contributed by atoms with E-state index in [1.54, 1.807) is 6.26 Å². The van der Waals surface area contributed by atoms with Crippen LogP contribution in [-0.2, 0) is 4.74 Å². The molecule has 0 radical (unpaired) electrons. The van der Waals surface area contributed by atoms with E-state index in [0.29, 0.717) is 5.88 Å². The topological polar surface area (TPSA) is 12.5 Å². The molecule has 1 rings (SSSR count). The summed E-state index contributed by atoms with van der Waals surface area (Å²) in [4.78, 5) is 0. The predicted molar refractivity (Wildman–Crippen MR) is 29.5 cm³/mol. The standard InChI is InChI=1S/C4H4Cl2O/c5-1-3(6)4-2-7-4/h2-3H,1H2. The van der Waals surface area contributed by atoms with Crippen LogP contribution in [0.25, 0.3) is 0 Å². The first-order valence-electron chi connectivity index (χ1n) is 1.91. The molecule has 0 aromatic heterocycles. The fraction of sp³-hybridized carbons (Fsp3) is 0.500. The van der Waals surface area contributed by atoms with Gasteiger partial charge in [0.2, 0.25) is 0 Å². The summed E-state index contributed by atoms with van der Waals surface area (Å²) in [6.07, 6.45) is 1.60. The molecule has 1 atom stereocenters. The molecule has 1 heterocycles. The highest BCUT2D eigenvalue weighted by molar-refractivity contribution is 6.29. The first-order chi connectivity index (χ1) is 3.34. The molecule has 3 heteroatoms. The number of hydrogen-bond acceptors (Lipinski definition) is 1. The molecule has 0 saturated carbocycles. The van der Waals surface area contributed by atoms with Crippen LogP contribution in [0.4, 0.5) is 0 Å². The SMILES string of the molecule is ClCC(Cl)C1=CO1. The Hall–Kier alpha value is 0.120. The molecule has 0 amide bonds. The average molecular weight is 139 g/mol. The van der Waals surface area contributed by atoms with Crippen LogP contribution >= 0.6 is 23.2 Å². The summed E-state index contributed by atoms with van der Waals surface area (Å²) in [6.45, 7) is 0. The number of allylic oxidation sites excluding steroid dienone is 1. The highest BCUT2D eigenvalue weighted by Crippen LogP contribution is 2.22. The molecule has 0 aromatic rings. The van der Waals surface area contributed by atoms with Crippen molar-refractivity contribution >= 4 is 23.2 Å². The van der Waals surface area contributed by atoms with Gasteiger partial charge in [-0.05, 0) is 0 Å². The number of hydrogen-bond donors (Lipinski definition) is 0. The van der Waals surface area contributed by atoms with E-state index in [-0.39, 0.29) is 5.38 Å². The average Bonchev–Trinajstić information content (AvgIpc) is 2.44. The Balaban J connectivity index is 2.24. The summed E-state index contributed by atoms with van der Waals surface area (Å²) < 4.78 is 4.64. The van der Waals surface area contributed by atoms with Crippen LogP contribution in [0.15, 0.2) is 12.0 Å². The van der Waals surface area contributed by atoms with Crippen LogP contribution < -0.4 is 0 Å². The lowest BCUT2D eigenvalue weighted by molar-refractivity contribution is 0.490. The lowest BCUT2D eigenvalue weighted by atomic mass is 10.5. The van der Waals surface area contributed by atoms with Gasteiger partial charge in [0.15, 0.2) is 5.76 Å². The van der Waals surface area contributed by atoms with Crippen molar-refractivity contribution in [3.63, 3.8) is 0 Å². The van der Waals surface area contributed by atoms with Crippen LogP contribution in [0.2, 0.25) is 0 Å². The highest BCUT2D eigenvalue weighted by Gasteiger charge is 2.19. The van der Waals surface area contributed by atoms with Crippen molar-refractivity contribution in [2.75, 3.05) is 5.88 Å². The second kappa shape index (κ2) is 1.93. The van der Waals surface area contributed by atoms with Crippen molar-refractivity contribution in [2.24, 2.45) is 0 Å². The van der Waals surface area contributed by atoms with E-state index in [2.05, 4.69) is 4.74 Å². The molecule has 0 saturated heterocycles. The fourth-order valence-corrected chi connectivity index (χ4v) is 0.513. The first kappa shape index (κ1) is 5.26. The molecule has 0 aromatic carbocycles. The molecular formula is C4H4Cl2O. The molecule has 0 bridgehead atoms. The van der Waals surface area contributed by atoms with Crippen LogP contribution in [0.3, 0.4) is 0 Å². The van der Waals surface area contributed by atoms with Gasteiger partial charge in [-0.25, -0.2) is 0 Å². The van der Waals surface area contributed by atoms with Crippen LogP contribution in [0, 0.1) is 0 Å². The Morgan fingerprint density at radius 1 is 1.86 bits per heavy atom. The quantitative estimate of drug-likeness (QED) is 0.530. The van der Waals surface area contributed by atoms with Gasteiger partial charge < -0.3 is 4.74 Å². The summed E-state index contributed by atoms with van der Waals surface area (Å²) >= 11 is 10.9. The van der Waals surface area contributed by atoms with Crippen molar-refractivity contribution in [2.45, 2.75) is 5.38 Å². The minimum atomic E-state index is -0.110. The Bertz CT molecular complexity index is 99.9. The van der Waals surface area contributed by atoms with E-state index >= 15 is 0 Å². The van der Waals surface area contributed by atoms with Crippen LogP contribution in [0.5, 0.6) is 0 Å². The maximum atomic E-state index is 5.54. The van der Waals surface area contributed by atoms with E-state index in [9.17, 15) is 0 Å². The molecule has 0 spiro atoms. The molecule has 0 N–H and O–H groups in total. The zero-order valence-electron chi connectivity index (χ0n) is 3.53. The Morgan fingerprint density at radius 3 is 2.57 bits per heavy atom.